The molecule has 0 aromatic heterocycles. The van der Waals surface area contributed by atoms with Crippen LogP contribution in [0.4, 0.5) is 0 Å². The highest BCUT2D eigenvalue weighted by Crippen LogP contribution is 2.31. The molecule has 0 unspecified atom stereocenters. The van der Waals surface area contributed by atoms with E-state index in [0.717, 1.165) is 18.6 Å². The molecule has 1 aromatic rings. The number of hydrogen-bond donors (Lipinski definition) is 2. The third-order valence-corrected chi connectivity index (χ3v) is 3.79. The van der Waals surface area contributed by atoms with Gasteiger partial charge in [0, 0.05) is 26.1 Å². The smallest absolute Gasteiger partial charge is 0.133 e. The Kier molecular flexibility index (Phi) is 8.27. The molecule has 0 bridgehead atoms. The zero-order valence-electron chi connectivity index (χ0n) is 9.86. The standard InChI is InChI=1S/C12H16I2O4/c13-9-8-12(18-6-2-4-16)10(14)7-11(9)17-5-1-3-15/h7-8,15-16H,1-6H2. The fraction of sp³-hybridized carbons (Fsp3) is 0.500. The fourth-order valence-corrected chi connectivity index (χ4v) is 2.41. The highest BCUT2D eigenvalue weighted by Gasteiger charge is 2.08. The molecule has 18 heavy (non-hydrogen) atoms. The predicted octanol–water partition coefficient (Wildman–Crippen LogP) is 2.42. The molecule has 0 aliphatic rings. The van der Waals surface area contributed by atoms with Gasteiger partial charge < -0.3 is 19.7 Å². The van der Waals surface area contributed by atoms with Crippen LogP contribution in [0.2, 0.25) is 0 Å². The van der Waals surface area contributed by atoms with Crippen LogP contribution in [0.25, 0.3) is 0 Å². The van der Waals surface area contributed by atoms with Crippen LogP contribution < -0.4 is 9.47 Å². The van der Waals surface area contributed by atoms with E-state index in [9.17, 15) is 0 Å². The van der Waals surface area contributed by atoms with Crippen LogP contribution in [-0.2, 0) is 0 Å². The van der Waals surface area contributed by atoms with Crippen molar-refractivity contribution in [3.63, 3.8) is 0 Å². The molecule has 6 heteroatoms. The minimum Gasteiger partial charge on any atom is -0.492 e. The Morgan fingerprint density at radius 1 is 0.833 bits per heavy atom. The average molecular weight is 478 g/mol. The summed E-state index contributed by atoms with van der Waals surface area (Å²) in [5.74, 6) is 1.62. The van der Waals surface area contributed by atoms with Crippen molar-refractivity contribution in [2.75, 3.05) is 26.4 Å². The number of aliphatic hydroxyl groups is 2. The Labute approximate surface area is 134 Å². The molecule has 0 atom stereocenters. The van der Waals surface area contributed by atoms with Crippen molar-refractivity contribution in [1.82, 2.24) is 0 Å². The lowest BCUT2D eigenvalue weighted by atomic mass is 10.3. The van der Waals surface area contributed by atoms with Gasteiger partial charge in [-0.15, -0.1) is 0 Å². The van der Waals surface area contributed by atoms with Gasteiger partial charge in [-0.2, -0.15) is 0 Å². The van der Waals surface area contributed by atoms with Gasteiger partial charge in [0.1, 0.15) is 11.5 Å². The molecule has 2 N–H and O–H groups in total. The fourth-order valence-electron chi connectivity index (χ4n) is 1.22. The Morgan fingerprint density at radius 3 is 1.56 bits per heavy atom. The Bertz CT molecular complexity index is 336. The number of aliphatic hydroxyl groups excluding tert-OH is 2. The normalized spacial score (nSPS) is 10.4. The highest BCUT2D eigenvalue weighted by molar-refractivity contribution is 14.1. The maximum absolute atomic E-state index is 8.71. The second-order valence-corrected chi connectivity index (χ2v) is 5.89. The van der Waals surface area contributed by atoms with Gasteiger partial charge in [0.2, 0.25) is 0 Å². The lowest BCUT2D eigenvalue weighted by molar-refractivity contribution is 0.228. The van der Waals surface area contributed by atoms with Crippen molar-refractivity contribution in [1.29, 1.82) is 0 Å². The minimum absolute atomic E-state index is 0.135. The van der Waals surface area contributed by atoms with E-state index in [1.807, 2.05) is 12.1 Å². The molecule has 0 amide bonds. The molecule has 0 spiro atoms. The molecule has 102 valence electrons. The molecule has 1 rings (SSSR count). The van der Waals surface area contributed by atoms with Crippen molar-refractivity contribution in [2.45, 2.75) is 12.8 Å². The zero-order valence-corrected chi connectivity index (χ0v) is 14.2. The molecule has 0 heterocycles. The summed E-state index contributed by atoms with van der Waals surface area (Å²) < 4.78 is 13.1. The van der Waals surface area contributed by atoms with Gasteiger partial charge in [-0.25, -0.2) is 0 Å². The molecule has 0 saturated carbocycles. The maximum Gasteiger partial charge on any atom is 0.133 e. The van der Waals surface area contributed by atoms with Crippen molar-refractivity contribution in [3.8, 4) is 11.5 Å². The van der Waals surface area contributed by atoms with E-state index < -0.39 is 0 Å². The van der Waals surface area contributed by atoms with Crippen molar-refractivity contribution < 1.29 is 19.7 Å². The number of benzene rings is 1. The molecule has 0 fully saturated rings. The Morgan fingerprint density at radius 2 is 1.22 bits per heavy atom. The summed E-state index contributed by atoms with van der Waals surface area (Å²) >= 11 is 4.39. The number of rotatable bonds is 8. The third-order valence-electron chi connectivity index (χ3n) is 2.11. The summed E-state index contributed by atoms with van der Waals surface area (Å²) in [6, 6.07) is 3.85. The quantitative estimate of drug-likeness (QED) is 0.446. The average Bonchev–Trinajstić information content (AvgIpc) is 2.35. The number of ether oxygens (including phenoxy) is 2. The van der Waals surface area contributed by atoms with E-state index in [1.165, 1.54) is 0 Å². The summed E-state index contributed by atoms with van der Waals surface area (Å²) in [6.45, 7) is 1.28. The van der Waals surface area contributed by atoms with E-state index in [4.69, 9.17) is 19.7 Å². The molecule has 0 aliphatic heterocycles. The summed E-state index contributed by atoms with van der Waals surface area (Å²) in [5.41, 5.74) is 0. The van der Waals surface area contributed by atoms with Crippen LogP contribution in [0.15, 0.2) is 12.1 Å². The van der Waals surface area contributed by atoms with Crippen LogP contribution in [0.1, 0.15) is 12.8 Å². The topological polar surface area (TPSA) is 58.9 Å². The summed E-state index contributed by atoms with van der Waals surface area (Å²) in [5, 5.41) is 17.4. The van der Waals surface area contributed by atoms with E-state index >= 15 is 0 Å². The molecule has 1 aromatic carbocycles. The number of halogens is 2. The van der Waals surface area contributed by atoms with Gasteiger partial charge in [-0.3, -0.25) is 0 Å². The van der Waals surface area contributed by atoms with Gasteiger partial charge in [0.25, 0.3) is 0 Å². The zero-order chi connectivity index (χ0) is 13.4. The summed E-state index contributed by atoms with van der Waals surface area (Å²) in [6.07, 6.45) is 1.25. The SMILES string of the molecule is OCCCOc1cc(I)c(OCCCO)cc1I. The van der Waals surface area contributed by atoms with Gasteiger partial charge in [0.05, 0.1) is 20.4 Å². The molecular weight excluding hydrogens is 462 g/mol. The van der Waals surface area contributed by atoms with Crippen LogP contribution in [0.3, 0.4) is 0 Å². The van der Waals surface area contributed by atoms with Crippen molar-refractivity contribution in [3.05, 3.63) is 19.3 Å². The second-order valence-electron chi connectivity index (χ2n) is 3.56. The predicted molar refractivity (Wildman–Crippen MR) is 86.3 cm³/mol. The summed E-state index contributed by atoms with van der Waals surface area (Å²) in [7, 11) is 0. The molecule has 4 nitrogen and oxygen atoms in total. The molecule has 0 saturated heterocycles. The molecule has 0 radical (unpaired) electrons. The van der Waals surface area contributed by atoms with Gasteiger partial charge in [-0.05, 0) is 57.3 Å². The third kappa shape index (κ3) is 5.45. The van der Waals surface area contributed by atoms with Gasteiger partial charge in [0.15, 0.2) is 0 Å². The largest absolute Gasteiger partial charge is 0.492 e. The van der Waals surface area contributed by atoms with E-state index in [-0.39, 0.29) is 13.2 Å². The van der Waals surface area contributed by atoms with E-state index in [2.05, 4.69) is 45.2 Å². The van der Waals surface area contributed by atoms with Gasteiger partial charge >= 0.3 is 0 Å². The Balaban J connectivity index is 2.64. The van der Waals surface area contributed by atoms with E-state index in [1.54, 1.807) is 0 Å². The number of hydrogen-bond acceptors (Lipinski definition) is 4. The monoisotopic (exact) mass is 478 g/mol. The first-order valence-corrected chi connectivity index (χ1v) is 7.81. The second kappa shape index (κ2) is 9.16. The van der Waals surface area contributed by atoms with Crippen LogP contribution >= 0.6 is 45.2 Å². The lowest BCUT2D eigenvalue weighted by Gasteiger charge is -2.12. The van der Waals surface area contributed by atoms with Gasteiger partial charge in [-0.1, -0.05) is 0 Å². The Hall–Kier alpha value is 0.200. The lowest BCUT2D eigenvalue weighted by Crippen LogP contribution is -2.04. The first-order valence-electron chi connectivity index (χ1n) is 5.65. The highest BCUT2D eigenvalue weighted by atomic mass is 127. The van der Waals surface area contributed by atoms with Crippen LogP contribution in [-0.4, -0.2) is 36.6 Å². The van der Waals surface area contributed by atoms with Crippen LogP contribution in [0.5, 0.6) is 11.5 Å². The van der Waals surface area contributed by atoms with Crippen molar-refractivity contribution in [2.24, 2.45) is 0 Å². The van der Waals surface area contributed by atoms with Crippen molar-refractivity contribution >= 4 is 45.2 Å². The minimum atomic E-state index is 0.135. The van der Waals surface area contributed by atoms with Crippen LogP contribution in [0, 0.1) is 7.14 Å². The first kappa shape index (κ1) is 16.3. The molecule has 0 aliphatic carbocycles. The first-order chi connectivity index (χ1) is 8.69. The van der Waals surface area contributed by atoms with E-state index in [0.29, 0.717) is 26.1 Å². The summed E-state index contributed by atoms with van der Waals surface area (Å²) in [4.78, 5) is 0. The maximum atomic E-state index is 8.71. The molecular formula is C12H16I2O4.